The Morgan fingerprint density at radius 3 is 1.12 bits per heavy atom. The fourth-order valence-electron chi connectivity index (χ4n) is 3.43. The van der Waals surface area contributed by atoms with E-state index in [9.17, 15) is 0 Å². The Hall–Kier alpha value is -3.22. The highest BCUT2D eigenvalue weighted by atomic mass is 79.9. The summed E-state index contributed by atoms with van der Waals surface area (Å²) in [5.41, 5.74) is 3.82. The van der Waals surface area contributed by atoms with Crippen LogP contribution >= 0.6 is 31.9 Å². The van der Waals surface area contributed by atoms with Gasteiger partial charge in [-0.25, -0.2) is 10.0 Å². The van der Waals surface area contributed by atoms with Crippen LogP contribution in [-0.2, 0) is 0 Å². The van der Waals surface area contributed by atoms with Crippen molar-refractivity contribution in [2.75, 3.05) is 10.0 Å². The van der Waals surface area contributed by atoms with Crippen molar-refractivity contribution in [1.82, 2.24) is 0 Å². The van der Waals surface area contributed by atoms with E-state index >= 15 is 0 Å². The Labute approximate surface area is 203 Å². The third-order valence-electron chi connectivity index (χ3n) is 5.00. The molecule has 0 amide bonds. The molecule has 4 nitrogen and oxygen atoms in total. The highest BCUT2D eigenvalue weighted by molar-refractivity contribution is 9.10. The predicted molar refractivity (Wildman–Crippen MR) is 139 cm³/mol. The molecule has 0 bridgehead atoms. The molecule has 0 aromatic heterocycles. The van der Waals surface area contributed by atoms with Gasteiger partial charge in [0.15, 0.2) is 11.7 Å². The third kappa shape index (κ3) is 4.24. The molecule has 6 heteroatoms. The second-order valence-corrected chi connectivity index (χ2v) is 8.99. The van der Waals surface area contributed by atoms with E-state index in [2.05, 4.69) is 31.9 Å². The standard InChI is InChI=1S/C26H18Br2N4/c27-21-11-15-23(16-12-21)31-25(19-7-3-1-4-8-19)29-32(24-17-13-22(28)14-18-24)26(30-31)20-9-5-2-6-10-20/h1-18H. The number of amidine groups is 2. The molecule has 0 spiro atoms. The van der Waals surface area contributed by atoms with Crippen molar-refractivity contribution in [3.05, 3.63) is 129 Å². The minimum atomic E-state index is 0.746. The van der Waals surface area contributed by atoms with E-state index in [0.717, 1.165) is 43.1 Å². The van der Waals surface area contributed by atoms with Crippen molar-refractivity contribution < 1.29 is 0 Å². The maximum atomic E-state index is 5.11. The third-order valence-corrected chi connectivity index (χ3v) is 6.05. The summed E-state index contributed by atoms with van der Waals surface area (Å²) in [6.45, 7) is 0. The molecule has 5 rings (SSSR count). The molecule has 1 heterocycles. The van der Waals surface area contributed by atoms with E-state index < -0.39 is 0 Å². The van der Waals surface area contributed by atoms with Gasteiger partial charge < -0.3 is 0 Å². The lowest BCUT2D eigenvalue weighted by Crippen LogP contribution is -2.41. The van der Waals surface area contributed by atoms with Gasteiger partial charge in [-0.15, -0.1) is 10.2 Å². The number of benzene rings is 4. The van der Waals surface area contributed by atoms with Crippen LogP contribution in [0, 0.1) is 0 Å². The molecule has 0 fully saturated rings. The molecular weight excluding hydrogens is 528 g/mol. The smallest absolute Gasteiger partial charge is 0.181 e. The zero-order valence-corrected chi connectivity index (χ0v) is 20.1. The van der Waals surface area contributed by atoms with Crippen LogP contribution in [0.15, 0.2) is 128 Å². The van der Waals surface area contributed by atoms with E-state index in [4.69, 9.17) is 10.2 Å². The van der Waals surface area contributed by atoms with Gasteiger partial charge in [0.25, 0.3) is 0 Å². The van der Waals surface area contributed by atoms with Gasteiger partial charge in [-0.05, 0) is 48.5 Å². The van der Waals surface area contributed by atoms with Crippen LogP contribution in [0.4, 0.5) is 11.4 Å². The molecule has 1 aliphatic rings. The lowest BCUT2D eigenvalue weighted by molar-refractivity contribution is 0.993. The van der Waals surface area contributed by atoms with Crippen molar-refractivity contribution in [1.29, 1.82) is 0 Å². The lowest BCUT2D eigenvalue weighted by Gasteiger charge is -2.32. The quantitative estimate of drug-likeness (QED) is 0.270. The molecule has 0 saturated heterocycles. The van der Waals surface area contributed by atoms with Gasteiger partial charge in [-0.2, -0.15) is 0 Å². The second kappa shape index (κ2) is 9.10. The van der Waals surface area contributed by atoms with Crippen LogP contribution in [0.2, 0.25) is 0 Å². The number of halogens is 2. The van der Waals surface area contributed by atoms with Crippen LogP contribution in [0.1, 0.15) is 11.1 Å². The van der Waals surface area contributed by atoms with E-state index in [1.54, 1.807) is 0 Å². The zero-order chi connectivity index (χ0) is 21.9. The van der Waals surface area contributed by atoms with Crippen molar-refractivity contribution in [3.8, 4) is 0 Å². The topological polar surface area (TPSA) is 31.2 Å². The van der Waals surface area contributed by atoms with Crippen LogP contribution in [-0.4, -0.2) is 11.7 Å². The van der Waals surface area contributed by atoms with Gasteiger partial charge in [0.1, 0.15) is 0 Å². The van der Waals surface area contributed by atoms with Crippen molar-refractivity contribution in [2.24, 2.45) is 10.2 Å². The molecule has 0 saturated carbocycles. The summed E-state index contributed by atoms with van der Waals surface area (Å²) < 4.78 is 2.03. The van der Waals surface area contributed by atoms with Crippen molar-refractivity contribution in [2.45, 2.75) is 0 Å². The Balaban J connectivity index is 1.71. The fraction of sp³-hybridized carbons (Fsp3) is 0. The number of rotatable bonds is 4. The number of hydrogen-bond donors (Lipinski definition) is 0. The maximum absolute atomic E-state index is 5.11. The van der Waals surface area contributed by atoms with E-state index in [1.165, 1.54) is 0 Å². The summed E-state index contributed by atoms with van der Waals surface area (Å²) in [6.07, 6.45) is 0. The van der Waals surface area contributed by atoms with Crippen molar-refractivity contribution in [3.63, 3.8) is 0 Å². The summed E-state index contributed by atoms with van der Waals surface area (Å²) in [5, 5.41) is 14.0. The summed E-state index contributed by atoms with van der Waals surface area (Å²) in [5.74, 6) is 1.49. The van der Waals surface area contributed by atoms with Gasteiger partial charge >= 0.3 is 0 Å². The first-order chi connectivity index (χ1) is 15.7. The molecule has 1 aliphatic heterocycles. The summed E-state index contributed by atoms with van der Waals surface area (Å²) in [4.78, 5) is 0. The predicted octanol–water partition coefficient (Wildman–Crippen LogP) is 7.26. The molecule has 0 atom stereocenters. The minimum absolute atomic E-state index is 0.746. The number of anilines is 2. The van der Waals surface area contributed by atoms with Gasteiger partial charge in [-0.1, -0.05) is 92.5 Å². The molecule has 32 heavy (non-hydrogen) atoms. The fourth-order valence-corrected chi connectivity index (χ4v) is 3.96. The van der Waals surface area contributed by atoms with Crippen LogP contribution in [0.25, 0.3) is 0 Å². The highest BCUT2D eigenvalue weighted by Gasteiger charge is 2.27. The van der Waals surface area contributed by atoms with E-state index in [1.807, 2.05) is 119 Å². The summed E-state index contributed by atoms with van der Waals surface area (Å²) >= 11 is 7.05. The number of hydrogen-bond acceptors (Lipinski definition) is 4. The van der Waals surface area contributed by atoms with Crippen LogP contribution in [0.3, 0.4) is 0 Å². The largest absolute Gasteiger partial charge is 0.211 e. The Morgan fingerprint density at radius 1 is 0.438 bits per heavy atom. The number of hydrazone groups is 2. The monoisotopic (exact) mass is 544 g/mol. The first kappa shape index (κ1) is 20.7. The Kier molecular flexibility index (Phi) is 5.88. The van der Waals surface area contributed by atoms with E-state index in [-0.39, 0.29) is 0 Å². The zero-order valence-electron chi connectivity index (χ0n) is 16.9. The SMILES string of the molecule is Brc1ccc(N2N=C(c3ccccc3)N(c3ccc(Br)cc3)N=C2c2ccccc2)cc1. The molecular formula is C26H18Br2N4. The average molecular weight is 546 g/mol. The maximum Gasteiger partial charge on any atom is 0.181 e. The Morgan fingerprint density at radius 2 is 0.781 bits per heavy atom. The molecule has 4 aromatic carbocycles. The van der Waals surface area contributed by atoms with Crippen LogP contribution in [0.5, 0.6) is 0 Å². The average Bonchev–Trinajstić information content (AvgIpc) is 2.85. The molecule has 0 unspecified atom stereocenters. The normalized spacial score (nSPS) is 13.6. The summed E-state index contributed by atoms with van der Waals surface area (Å²) in [6, 6.07) is 36.4. The summed E-state index contributed by atoms with van der Waals surface area (Å²) in [7, 11) is 0. The molecule has 0 N–H and O–H groups in total. The van der Waals surface area contributed by atoms with Crippen molar-refractivity contribution >= 4 is 54.9 Å². The van der Waals surface area contributed by atoms with Gasteiger partial charge in [0.05, 0.1) is 11.4 Å². The first-order valence-electron chi connectivity index (χ1n) is 10.1. The minimum Gasteiger partial charge on any atom is -0.211 e. The van der Waals surface area contributed by atoms with Gasteiger partial charge in [0.2, 0.25) is 0 Å². The van der Waals surface area contributed by atoms with Crippen LogP contribution < -0.4 is 10.0 Å². The highest BCUT2D eigenvalue weighted by Crippen LogP contribution is 2.29. The second-order valence-electron chi connectivity index (χ2n) is 7.16. The molecule has 0 radical (unpaired) electrons. The lowest BCUT2D eigenvalue weighted by atomic mass is 10.1. The van der Waals surface area contributed by atoms with E-state index in [0.29, 0.717) is 0 Å². The molecule has 4 aromatic rings. The molecule has 156 valence electrons. The Bertz CT molecular complexity index is 1170. The number of nitrogens with zero attached hydrogens (tertiary/aromatic N) is 4. The first-order valence-corrected chi connectivity index (χ1v) is 11.7. The molecule has 0 aliphatic carbocycles. The van der Waals surface area contributed by atoms with Gasteiger partial charge in [-0.3, -0.25) is 0 Å². The van der Waals surface area contributed by atoms with Gasteiger partial charge in [0, 0.05) is 20.1 Å².